The van der Waals surface area contributed by atoms with Gasteiger partial charge in [-0.05, 0) is 42.7 Å². The fourth-order valence-electron chi connectivity index (χ4n) is 4.77. The summed E-state index contributed by atoms with van der Waals surface area (Å²) in [6, 6.07) is 11.0. The molecule has 0 fully saturated rings. The van der Waals surface area contributed by atoms with E-state index in [-0.39, 0.29) is 54.6 Å². The Balaban J connectivity index is 1.44. The summed E-state index contributed by atoms with van der Waals surface area (Å²) in [4.78, 5) is 56.4. The van der Waals surface area contributed by atoms with Crippen molar-refractivity contribution < 1.29 is 32.6 Å². The van der Waals surface area contributed by atoms with Gasteiger partial charge in [-0.2, -0.15) is 0 Å². The maximum Gasteiger partial charge on any atom is 0.407 e. The maximum absolute atomic E-state index is 14.0. The van der Waals surface area contributed by atoms with E-state index < -0.39 is 23.8 Å². The molecule has 3 aromatic rings. The number of ether oxygens (including phenoxy) is 2. The number of ketones is 1. The number of methoxy groups -OCH3 is 1. The summed E-state index contributed by atoms with van der Waals surface area (Å²) in [7, 11) is 4.43. The van der Waals surface area contributed by atoms with Gasteiger partial charge in [0.25, 0.3) is 5.56 Å². The van der Waals surface area contributed by atoms with Crippen LogP contribution in [0.15, 0.2) is 76.7 Å². The number of rotatable bonds is 13. The number of allylic oxidation sites excluding steroid dienone is 1. The number of aromatic nitrogens is 1. The molecule has 4 rings (SSSR count). The molecular formula is C33H34F2N4O6. The number of hydrogen-bond acceptors (Lipinski definition) is 7. The Labute approximate surface area is 259 Å². The summed E-state index contributed by atoms with van der Waals surface area (Å²) in [5.41, 5.74) is 2.90. The minimum absolute atomic E-state index is 0.0164. The minimum atomic E-state index is -0.928. The molecule has 1 N–H and O–H groups in total. The number of carbonyl (C=O) groups is 3. The van der Waals surface area contributed by atoms with Crippen LogP contribution in [0.25, 0.3) is 0 Å². The lowest BCUT2D eigenvalue weighted by molar-refractivity contribution is -0.123. The molecule has 1 aliphatic heterocycles. The number of aliphatic imine (C=N–C) groups is 1. The van der Waals surface area contributed by atoms with E-state index in [9.17, 15) is 28.0 Å². The highest BCUT2D eigenvalue weighted by Gasteiger charge is 2.23. The zero-order valence-corrected chi connectivity index (χ0v) is 25.2. The van der Waals surface area contributed by atoms with Gasteiger partial charge in [-0.1, -0.05) is 30.3 Å². The third-order valence-corrected chi connectivity index (χ3v) is 7.15. The molecule has 0 aliphatic carbocycles. The van der Waals surface area contributed by atoms with Crippen molar-refractivity contribution in [3.8, 4) is 5.75 Å². The number of nitrogens with zero attached hydrogens (tertiary/aromatic N) is 3. The largest absolute Gasteiger partial charge is 0.486 e. The van der Waals surface area contributed by atoms with Crippen molar-refractivity contribution in [2.45, 2.75) is 44.9 Å². The molecule has 236 valence electrons. The second-order valence-electron chi connectivity index (χ2n) is 10.7. The van der Waals surface area contributed by atoms with Crippen molar-refractivity contribution in [1.29, 1.82) is 0 Å². The van der Waals surface area contributed by atoms with Gasteiger partial charge in [0.1, 0.15) is 12.4 Å². The Bertz CT molecular complexity index is 1700. The van der Waals surface area contributed by atoms with Crippen LogP contribution >= 0.6 is 0 Å². The second-order valence-corrected chi connectivity index (χ2v) is 10.7. The molecule has 2 amide bonds. The van der Waals surface area contributed by atoms with Gasteiger partial charge in [0.2, 0.25) is 5.91 Å². The highest BCUT2D eigenvalue weighted by Crippen LogP contribution is 2.32. The number of likely N-dealkylation sites (N-methyl/N-ethyl adjacent to an activating group) is 1. The summed E-state index contributed by atoms with van der Waals surface area (Å²) in [5, 5.41) is 2.52. The first kappa shape index (κ1) is 32.8. The number of hydrogen-bond donors (Lipinski definition) is 1. The molecule has 2 heterocycles. The standard InChI is InChI=1S/C33H34F2N4O6/c1-38(2)30(41)12-5-4-11-27(37-33(43)44-3)28(40)17-22-10-7-15-39(32(22)42)19-25-16-21-8-6-9-23(31(21)36-25)20-45-29-14-13-24(34)18-26(29)35/h5-10,12-15,18,27H,4,11,16-17,19-20H2,1-3H3,(H,37,43)/b12-5+/t27-/m0/s1. The van der Waals surface area contributed by atoms with Gasteiger partial charge < -0.3 is 24.3 Å². The molecule has 10 nitrogen and oxygen atoms in total. The molecule has 12 heteroatoms. The molecule has 0 bridgehead atoms. The van der Waals surface area contributed by atoms with Crippen LogP contribution < -0.4 is 15.6 Å². The predicted octanol–water partition coefficient (Wildman–Crippen LogP) is 4.30. The van der Waals surface area contributed by atoms with Gasteiger partial charge in [0.05, 0.1) is 25.4 Å². The SMILES string of the molecule is COC(=O)N[C@@H](CC/C=C/C(=O)N(C)C)C(=O)Cc1cccn(CC2=Nc3c(COc4ccc(F)cc4F)cccc3C2)c1=O. The van der Waals surface area contributed by atoms with Gasteiger partial charge in [-0.25, -0.2) is 13.6 Å². The van der Waals surface area contributed by atoms with Crippen molar-refractivity contribution in [3.63, 3.8) is 0 Å². The van der Waals surface area contributed by atoms with Crippen LogP contribution in [0.1, 0.15) is 29.5 Å². The van der Waals surface area contributed by atoms with E-state index in [0.29, 0.717) is 29.8 Å². The number of alkyl carbamates (subject to hydrolysis) is 1. The Morgan fingerprint density at radius 1 is 1.11 bits per heavy atom. The molecule has 0 saturated heterocycles. The fraction of sp³-hybridized carbons (Fsp3) is 0.303. The average Bonchev–Trinajstić information content (AvgIpc) is 3.43. The topological polar surface area (TPSA) is 119 Å². The summed E-state index contributed by atoms with van der Waals surface area (Å²) >= 11 is 0. The lowest BCUT2D eigenvalue weighted by Gasteiger charge is -2.16. The Kier molecular flexibility index (Phi) is 11.0. The number of Topliss-reactive ketones (excluding diaryl/α,β-unsaturated/α-hetero) is 1. The van der Waals surface area contributed by atoms with Crippen LogP contribution in [0, 0.1) is 11.6 Å². The van der Waals surface area contributed by atoms with Gasteiger partial charge in [-0.3, -0.25) is 19.4 Å². The van der Waals surface area contributed by atoms with E-state index in [1.165, 1.54) is 28.7 Å². The first-order valence-corrected chi connectivity index (χ1v) is 14.2. The molecule has 0 unspecified atom stereocenters. The molecule has 1 aliphatic rings. The van der Waals surface area contributed by atoms with E-state index >= 15 is 0 Å². The van der Waals surface area contributed by atoms with E-state index in [1.807, 2.05) is 12.1 Å². The second kappa shape index (κ2) is 15.0. The zero-order chi connectivity index (χ0) is 32.5. The number of carbonyl (C=O) groups excluding carboxylic acids is 3. The molecule has 0 radical (unpaired) electrons. The molecule has 0 saturated carbocycles. The third kappa shape index (κ3) is 8.71. The summed E-state index contributed by atoms with van der Waals surface area (Å²) in [5.74, 6) is -2.16. The number of fused-ring (bicyclic) bond motifs is 1. The molecule has 45 heavy (non-hydrogen) atoms. The van der Waals surface area contributed by atoms with Crippen molar-refractivity contribution in [1.82, 2.24) is 14.8 Å². The van der Waals surface area contributed by atoms with Crippen LogP contribution in [-0.4, -0.2) is 60.2 Å². The van der Waals surface area contributed by atoms with Crippen molar-refractivity contribution in [2.75, 3.05) is 21.2 Å². The number of benzene rings is 2. The number of pyridine rings is 1. The normalized spacial score (nSPS) is 12.8. The monoisotopic (exact) mass is 620 g/mol. The number of para-hydroxylation sites is 1. The van der Waals surface area contributed by atoms with E-state index in [1.54, 1.807) is 44.6 Å². The maximum atomic E-state index is 14.0. The molecular weight excluding hydrogens is 586 g/mol. The van der Waals surface area contributed by atoms with Gasteiger partial charge in [0, 0.05) is 56.0 Å². The molecule has 2 aromatic carbocycles. The molecule has 0 spiro atoms. The highest BCUT2D eigenvalue weighted by molar-refractivity contribution is 5.94. The first-order valence-electron chi connectivity index (χ1n) is 14.2. The van der Waals surface area contributed by atoms with Crippen molar-refractivity contribution in [2.24, 2.45) is 4.99 Å². The van der Waals surface area contributed by atoms with Crippen LogP contribution in [0.4, 0.5) is 19.3 Å². The Hall–Kier alpha value is -5.13. The Morgan fingerprint density at radius 2 is 1.89 bits per heavy atom. The summed E-state index contributed by atoms with van der Waals surface area (Å²) in [6.07, 6.45) is 4.66. The number of halogens is 2. The molecule has 1 atom stereocenters. The highest BCUT2D eigenvalue weighted by atomic mass is 19.1. The first-order chi connectivity index (χ1) is 21.5. The van der Waals surface area contributed by atoms with Gasteiger partial charge in [0.15, 0.2) is 17.3 Å². The smallest absolute Gasteiger partial charge is 0.407 e. The van der Waals surface area contributed by atoms with Crippen molar-refractivity contribution in [3.05, 3.63) is 106 Å². The average molecular weight is 621 g/mol. The van der Waals surface area contributed by atoms with Crippen LogP contribution in [0.5, 0.6) is 5.75 Å². The lowest BCUT2D eigenvalue weighted by Crippen LogP contribution is -2.42. The van der Waals surface area contributed by atoms with E-state index in [2.05, 4.69) is 10.1 Å². The van der Waals surface area contributed by atoms with Crippen LogP contribution in [0.3, 0.4) is 0 Å². The van der Waals surface area contributed by atoms with Crippen LogP contribution in [-0.2, 0) is 40.3 Å². The van der Waals surface area contributed by atoms with Gasteiger partial charge in [-0.15, -0.1) is 0 Å². The number of amides is 2. The summed E-state index contributed by atoms with van der Waals surface area (Å²) < 4.78 is 39.0. The van der Waals surface area contributed by atoms with Gasteiger partial charge >= 0.3 is 6.09 Å². The fourth-order valence-corrected chi connectivity index (χ4v) is 4.77. The lowest BCUT2D eigenvalue weighted by atomic mass is 10.0. The van der Waals surface area contributed by atoms with E-state index in [4.69, 9.17) is 9.73 Å². The molecule has 1 aromatic heterocycles. The quantitative estimate of drug-likeness (QED) is 0.285. The Morgan fingerprint density at radius 3 is 2.62 bits per heavy atom. The van der Waals surface area contributed by atoms with E-state index in [0.717, 1.165) is 17.7 Å². The summed E-state index contributed by atoms with van der Waals surface area (Å²) in [6.45, 7) is 0.194. The number of nitrogens with one attached hydrogen (secondary N) is 1. The predicted molar refractivity (Wildman–Crippen MR) is 164 cm³/mol. The minimum Gasteiger partial charge on any atom is -0.486 e. The third-order valence-electron chi connectivity index (χ3n) is 7.15. The zero-order valence-electron chi connectivity index (χ0n) is 25.2. The van der Waals surface area contributed by atoms with Crippen LogP contribution in [0.2, 0.25) is 0 Å². The van der Waals surface area contributed by atoms with Crippen molar-refractivity contribution >= 4 is 29.2 Å².